The van der Waals surface area contributed by atoms with Gasteiger partial charge >= 0.3 is 6.18 Å². The van der Waals surface area contributed by atoms with E-state index < -0.39 is 29.2 Å². The summed E-state index contributed by atoms with van der Waals surface area (Å²) in [5, 5.41) is 5.22. The highest BCUT2D eigenvalue weighted by molar-refractivity contribution is 6.06. The summed E-state index contributed by atoms with van der Waals surface area (Å²) in [6, 6.07) is 6.37. The van der Waals surface area contributed by atoms with E-state index in [0.29, 0.717) is 37.9 Å². The lowest BCUT2D eigenvalue weighted by Gasteiger charge is -2.27. The summed E-state index contributed by atoms with van der Waals surface area (Å²) in [6.45, 7) is 5.75. The van der Waals surface area contributed by atoms with E-state index in [1.165, 1.54) is 24.5 Å². The molecule has 2 heterocycles. The fourth-order valence-electron chi connectivity index (χ4n) is 3.83. The predicted molar refractivity (Wildman–Crippen MR) is 142 cm³/mol. The number of carbonyl (C=O) groups is 1. The van der Waals surface area contributed by atoms with Gasteiger partial charge in [0.25, 0.3) is 5.91 Å². The minimum atomic E-state index is -4.71. The number of alkyl halides is 3. The third kappa shape index (κ3) is 6.46. The SMILES string of the molecule is C=CNc1cnc(N2CCOCC2)nc1C(N)=Nc1cc(C(=O)Nc2ccc(OC)c(C(F)(F)F)c2)ccc1F. The average molecular weight is 560 g/mol. The van der Waals surface area contributed by atoms with Crippen molar-refractivity contribution in [1.82, 2.24) is 9.97 Å². The first kappa shape index (κ1) is 28.3. The predicted octanol–water partition coefficient (Wildman–Crippen LogP) is 4.32. The number of carbonyl (C=O) groups excluding carboxylic acids is 1. The molecule has 210 valence electrons. The second-order valence-electron chi connectivity index (χ2n) is 8.41. The molecule has 1 aromatic heterocycles. The van der Waals surface area contributed by atoms with Crippen LogP contribution in [0.4, 0.5) is 40.6 Å². The second-order valence-corrected chi connectivity index (χ2v) is 8.41. The van der Waals surface area contributed by atoms with Crippen LogP contribution in [0.3, 0.4) is 0 Å². The van der Waals surface area contributed by atoms with E-state index in [1.54, 1.807) is 0 Å². The molecule has 10 nitrogen and oxygen atoms in total. The Balaban J connectivity index is 1.63. The zero-order chi connectivity index (χ0) is 28.9. The van der Waals surface area contributed by atoms with Crippen molar-refractivity contribution < 1.29 is 31.8 Å². The molecular weight excluding hydrogens is 534 g/mol. The molecule has 4 rings (SSSR count). The molecule has 2 aromatic carbocycles. The van der Waals surface area contributed by atoms with Gasteiger partial charge in [-0.25, -0.2) is 19.4 Å². The van der Waals surface area contributed by atoms with E-state index in [-0.39, 0.29) is 28.5 Å². The lowest BCUT2D eigenvalue weighted by molar-refractivity contribution is -0.138. The monoisotopic (exact) mass is 559 g/mol. The quantitative estimate of drug-likeness (QED) is 0.212. The molecule has 0 unspecified atom stereocenters. The Kier molecular flexibility index (Phi) is 8.48. The number of ether oxygens (including phenoxy) is 2. The number of amidine groups is 1. The zero-order valence-corrected chi connectivity index (χ0v) is 21.3. The van der Waals surface area contributed by atoms with Crippen molar-refractivity contribution in [3.05, 3.63) is 78.0 Å². The number of halogens is 4. The van der Waals surface area contributed by atoms with Gasteiger partial charge in [0.05, 0.1) is 37.8 Å². The molecule has 40 heavy (non-hydrogen) atoms. The maximum Gasteiger partial charge on any atom is 0.420 e. The average Bonchev–Trinajstić information content (AvgIpc) is 2.94. The van der Waals surface area contributed by atoms with Crippen LogP contribution in [0.1, 0.15) is 21.6 Å². The van der Waals surface area contributed by atoms with Gasteiger partial charge in [-0.2, -0.15) is 13.2 Å². The third-order valence-electron chi connectivity index (χ3n) is 5.78. The number of aromatic nitrogens is 2. The number of benzene rings is 2. The van der Waals surface area contributed by atoms with E-state index in [0.717, 1.165) is 31.4 Å². The molecule has 0 aliphatic carbocycles. The van der Waals surface area contributed by atoms with E-state index in [1.807, 2.05) is 4.90 Å². The Labute approximate surface area is 226 Å². The molecule has 0 atom stereocenters. The molecule has 0 bridgehead atoms. The lowest BCUT2D eigenvalue weighted by atomic mass is 10.1. The van der Waals surface area contributed by atoms with Crippen LogP contribution in [-0.2, 0) is 10.9 Å². The zero-order valence-electron chi connectivity index (χ0n) is 21.3. The first-order chi connectivity index (χ1) is 19.1. The first-order valence-corrected chi connectivity index (χ1v) is 11.9. The Morgan fingerprint density at radius 3 is 2.65 bits per heavy atom. The van der Waals surface area contributed by atoms with Crippen molar-refractivity contribution >= 4 is 34.8 Å². The van der Waals surface area contributed by atoms with E-state index in [4.69, 9.17) is 15.2 Å². The highest BCUT2D eigenvalue weighted by atomic mass is 19.4. The van der Waals surface area contributed by atoms with Crippen LogP contribution in [0.15, 0.2) is 60.4 Å². The summed E-state index contributed by atoms with van der Waals surface area (Å²) in [5.74, 6) is -1.78. The molecule has 14 heteroatoms. The van der Waals surface area contributed by atoms with Crippen LogP contribution >= 0.6 is 0 Å². The normalized spacial score (nSPS) is 14.0. The maximum absolute atomic E-state index is 14.7. The number of nitrogens with one attached hydrogen (secondary N) is 2. The van der Waals surface area contributed by atoms with Crippen LogP contribution in [0.2, 0.25) is 0 Å². The molecule has 1 fully saturated rings. The molecule has 1 aliphatic rings. The van der Waals surface area contributed by atoms with Crippen molar-refractivity contribution in [2.24, 2.45) is 10.7 Å². The number of rotatable bonds is 8. The Bertz CT molecular complexity index is 1440. The van der Waals surface area contributed by atoms with Crippen molar-refractivity contribution in [2.75, 3.05) is 48.9 Å². The van der Waals surface area contributed by atoms with Crippen molar-refractivity contribution in [1.29, 1.82) is 0 Å². The second kappa shape index (κ2) is 12.0. The number of aliphatic imine (C=N–C) groups is 1. The Hall–Kier alpha value is -4.72. The largest absolute Gasteiger partial charge is 0.496 e. The van der Waals surface area contributed by atoms with Crippen molar-refractivity contribution in [2.45, 2.75) is 6.18 Å². The number of nitrogens with two attached hydrogens (primary N) is 1. The summed E-state index contributed by atoms with van der Waals surface area (Å²) in [4.78, 5) is 27.7. The molecule has 0 saturated carbocycles. The summed E-state index contributed by atoms with van der Waals surface area (Å²) < 4.78 is 64.9. The topological polar surface area (TPSA) is 127 Å². The molecule has 4 N–H and O–H groups in total. The van der Waals surface area contributed by atoms with Crippen LogP contribution in [0.5, 0.6) is 5.75 Å². The molecular formula is C26H25F4N7O3. The molecule has 1 amide bonds. The van der Waals surface area contributed by atoms with Crippen LogP contribution in [0, 0.1) is 5.82 Å². The summed E-state index contributed by atoms with van der Waals surface area (Å²) in [7, 11) is 1.11. The number of hydrogen-bond donors (Lipinski definition) is 3. The summed E-state index contributed by atoms with van der Waals surface area (Å²) >= 11 is 0. The highest BCUT2D eigenvalue weighted by Crippen LogP contribution is 2.37. The number of methoxy groups -OCH3 is 1. The number of amides is 1. The van der Waals surface area contributed by atoms with Gasteiger partial charge in [-0.1, -0.05) is 6.58 Å². The third-order valence-corrected chi connectivity index (χ3v) is 5.78. The van der Waals surface area contributed by atoms with Crippen molar-refractivity contribution in [3.8, 4) is 5.75 Å². The minimum absolute atomic E-state index is 0.0709. The smallest absolute Gasteiger partial charge is 0.420 e. The van der Waals surface area contributed by atoms with Gasteiger partial charge in [0, 0.05) is 24.3 Å². The van der Waals surface area contributed by atoms with Crippen LogP contribution < -0.4 is 26.0 Å². The highest BCUT2D eigenvalue weighted by Gasteiger charge is 2.34. The number of hydrogen-bond acceptors (Lipinski definition) is 8. The molecule has 3 aromatic rings. The van der Waals surface area contributed by atoms with Crippen molar-refractivity contribution in [3.63, 3.8) is 0 Å². The van der Waals surface area contributed by atoms with E-state index in [9.17, 15) is 22.4 Å². The van der Waals surface area contributed by atoms with Gasteiger partial charge < -0.3 is 30.7 Å². The number of morpholine rings is 1. The summed E-state index contributed by atoms with van der Waals surface area (Å²) in [5.41, 5.74) is 5.20. The number of nitrogens with zero attached hydrogens (tertiary/aromatic N) is 4. The van der Waals surface area contributed by atoms with Gasteiger partial charge in [0.2, 0.25) is 5.95 Å². The van der Waals surface area contributed by atoms with E-state index >= 15 is 0 Å². The Morgan fingerprint density at radius 2 is 1.98 bits per heavy atom. The van der Waals surface area contributed by atoms with Gasteiger partial charge in [0.1, 0.15) is 22.9 Å². The molecule has 0 spiro atoms. The van der Waals surface area contributed by atoms with Gasteiger partial charge in [-0.05, 0) is 42.6 Å². The lowest BCUT2D eigenvalue weighted by Crippen LogP contribution is -2.37. The van der Waals surface area contributed by atoms with E-state index in [2.05, 4.69) is 32.2 Å². The Morgan fingerprint density at radius 1 is 1.23 bits per heavy atom. The number of anilines is 3. The van der Waals surface area contributed by atoms with Gasteiger partial charge in [-0.15, -0.1) is 0 Å². The molecule has 1 aliphatic heterocycles. The fraction of sp³-hybridized carbons (Fsp3) is 0.231. The van der Waals surface area contributed by atoms with Gasteiger partial charge in [0.15, 0.2) is 5.84 Å². The molecule has 0 radical (unpaired) electrons. The standard InChI is InChI=1S/C26H25F4N7O3/c1-3-32-20-14-33-25(37-8-10-40-11-9-37)36-22(20)23(31)35-19-12-15(4-6-18(19)27)24(38)34-16-5-7-21(39-2)17(13-16)26(28,29)30/h3-7,12-14,32H,1,8-11H2,2H3,(H2,31,35)(H,34,38). The molecule has 1 saturated heterocycles. The summed E-state index contributed by atoms with van der Waals surface area (Å²) in [6.07, 6.45) is -1.83. The minimum Gasteiger partial charge on any atom is -0.496 e. The maximum atomic E-state index is 14.7. The van der Waals surface area contributed by atoms with Gasteiger partial charge in [-0.3, -0.25) is 4.79 Å². The fourth-order valence-corrected chi connectivity index (χ4v) is 3.83. The van der Waals surface area contributed by atoms with Crippen LogP contribution in [0.25, 0.3) is 0 Å². The van der Waals surface area contributed by atoms with Crippen LogP contribution in [-0.4, -0.2) is 55.1 Å². The first-order valence-electron chi connectivity index (χ1n) is 11.9.